The average Bonchev–Trinajstić information content (AvgIpc) is 3.65. The van der Waals surface area contributed by atoms with Gasteiger partial charge in [0, 0.05) is 25.0 Å². The first kappa shape index (κ1) is 36.1. The Balaban J connectivity index is 1.36. The first-order chi connectivity index (χ1) is 23.4. The van der Waals surface area contributed by atoms with Gasteiger partial charge in [0.25, 0.3) is 11.8 Å². The zero-order valence-electron chi connectivity index (χ0n) is 29.1. The lowest BCUT2D eigenvalue weighted by Crippen LogP contribution is -2.61. The molecular formula is C36H51N7O6. The molecule has 0 unspecified atom stereocenters. The van der Waals surface area contributed by atoms with Crippen LogP contribution < -0.4 is 21.3 Å². The van der Waals surface area contributed by atoms with Gasteiger partial charge in [-0.05, 0) is 80.6 Å². The van der Waals surface area contributed by atoms with Gasteiger partial charge in [0.1, 0.15) is 23.8 Å². The quantitative estimate of drug-likeness (QED) is 0.182. The Kier molecular flexibility index (Phi) is 11.5. The van der Waals surface area contributed by atoms with Gasteiger partial charge in [0.15, 0.2) is 0 Å². The third-order valence-corrected chi connectivity index (χ3v) is 10.2. The first-order valence-corrected chi connectivity index (χ1v) is 17.9. The summed E-state index contributed by atoms with van der Waals surface area (Å²) in [4.78, 5) is 91.3. The van der Waals surface area contributed by atoms with Gasteiger partial charge >= 0.3 is 0 Å². The number of amides is 5. The van der Waals surface area contributed by atoms with Crippen LogP contribution in [0.1, 0.15) is 109 Å². The number of hydrogen-bond donors (Lipinski definition) is 4. The highest BCUT2D eigenvalue weighted by molar-refractivity contribution is 6.38. The molecule has 0 aromatic carbocycles. The molecule has 3 aliphatic carbocycles. The maximum Gasteiger partial charge on any atom is 0.289 e. The molecule has 1 saturated heterocycles. The van der Waals surface area contributed by atoms with E-state index in [4.69, 9.17) is 0 Å². The minimum absolute atomic E-state index is 0.00972. The van der Waals surface area contributed by atoms with E-state index in [1.54, 1.807) is 4.90 Å². The van der Waals surface area contributed by atoms with Crippen molar-refractivity contribution >= 4 is 35.3 Å². The van der Waals surface area contributed by atoms with E-state index in [0.29, 0.717) is 25.8 Å². The molecule has 13 nitrogen and oxygen atoms in total. The molecule has 4 aliphatic rings. The van der Waals surface area contributed by atoms with Gasteiger partial charge in [-0.25, -0.2) is 4.98 Å². The van der Waals surface area contributed by atoms with Crippen molar-refractivity contribution in [2.24, 2.45) is 17.3 Å². The number of allylic oxidation sites excluding steroid dienone is 1. The molecule has 49 heavy (non-hydrogen) atoms. The topological polar surface area (TPSA) is 180 Å². The predicted octanol–water partition coefficient (Wildman–Crippen LogP) is 2.37. The monoisotopic (exact) mass is 677 g/mol. The number of likely N-dealkylation sites (tertiary alicyclic amines) is 1. The van der Waals surface area contributed by atoms with E-state index in [0.717, 1.165) is 56.9 Å². The van der Waals surface area contributed by atoms with E-state index in [1.165, 1.54) is 18.6 Å². The van der Waals surface area contributed by atoms with Gasteiger partial charge in [0.2, 0.25) is 23.5 Å². The number of aromatic nitrogens is 2. The summed E-state index contributed by atoms with van der Waals surface area (Å²) < 4.78 is 0. The van der Waals surface area contributed by atoms with Crippen molar-refractivity contribution in [2.45, 2.75) is 129 Å². The smallest absolute Gasteiger partial charge is 0.289 e. The Bertz CT molecular complexity index is 1450. The molecule has 2 heterocycles. The molecule has 1 aliphatic heterocycles. The Morgan fingerprint density at radius 2 is 1.73 bits per heavy atom. The molecule has 2 saturated carbocycles. The van der Waals surface area contributed by atoms with Crippen molar-refractivity contribution in [3.63, 3.8) is 0 Å². The van der Waals surface area contributed by atoms with E-state index in [2.05, 4.69) is 31.2 Å². The van der Waals surface area contributed by atoms with Crippen LogP contribution in [-0.2, 0) is 24.0 Å². The summed E-state index contributed by atoms with van der Waals surface area (Å²) in [5.41, 5.74) is 0.0851. The number of carbonyl (C=O) groups excluding carboxylic acids is 6. The largest absolute Gasteiger partial charge is 0.347 e. The van der Waals surface area contributed by atoms with Crippen LogP contribution >= 0.6 is 0 Å². The minimum atomic E-state index is -1.02. The van der Waals surface area contributed by atoms with Gasteiger partial charge in [-0.3, -0.25) is 33.8 Å². The van der Waals surface area contributed by atoms with E-state index in [1.807, 2.05) is 33.8 Å². The fourth-order valence-electron chi connectivity index (χ4n) is 7.44. The molecule has 266 valence electrons. The maximum absolute atomic E-state index is 14.6. The molecule has 3 fully saturated rings. The van der Waals surface area contributed by atoms with E-state index < -0.39 is 64.9 Å². The van der Waals surface area contributed by atoms with Crippen LogP contribution in [0.5, 0.6) is 0 Å². The van der Waals surface area contributed by atoms with Crippen LogP contribution in [0.2, 0.25) is 0 Å². The number of fused-ring (bicyclic) bond motifs is 1. The minimum Gasteiger partial charge on any atom is -0.347 e. The normalized spacial score (nSPS) is 23.7. The van der Waals surface area contributed by atoms with Crippen LogP contribution in [0, 0.1) is 17.3 Å². The summed E-state index contributed by atoms with van der Waals surface area (Å²) in [6.45, 7) is 7.79. The van der Waals surface area contributed by atoms with Gasteiger partial charge in [-0.1, -0.05) is 46.6 Å². The average molecular weight is 678 g/mol. The highest BCUT2D eigenvalue weighted by Crippen LogP contribution is 2.43. The molecule has 0 radical (unpaired) electrons. The van der Waals surface area contributed by atoms with E-state index in [9.17, 15) is 28.8 Å². The summed E-state index contributed by atoms with van der Waals surface area (Å²) in [7, 11) is 0. The fraction of sp³-hybridized carbons (Fsp3) is 0.667. The molecule has 1 aromatic rings. The summed E-state index contributed by atoms with van der Waals surface area (Å²) in [6.07, 6.45) is 14.5. The number of hydrogen-bond acceptors (Lipinski definition) is 8. The van der Waals surface area contributed by atoms with Gasteiger partial charge in [-0.15, -0.1) is 0 Å². The number of carbonyl (C=O) groups is 6. The zero-order chi connectivity index (χ0) is 35.3. The van der Waals surface area contributed by atoms with Crippen molar-refractivity contribution in [3.8, 4) is 0 Å². The molecule has 13 heteroatoms. The number of ketones is 1. The molecule has 0 bridgehead atoms. The van der Waals surface area contributed by atoms with Crippen molar-refractivity contribution in [1.29, 1.82) is 0 Å². The van der Waals surface area contributed by atoms with Gasteiger partial charge in [-0.2, -0.15) is 0 Å². The Labute approximate surface area is 288 Å². The lowest BCUT2D eigenvalue weighted by molar-refractivity contribution is -0.146. The third kappa shape index (κ3) is 8.72. The molecule has 0 spiro atoms. The standard InChI is InChI=1S/C36H51N7O6/c1-5-10-25(29(44)34(48)39-23-15-16-23)40-33(47)28-24-14-9-13-22(24)20-43(28)35(49)30(36(2,3)4)42-32(46)27(21-11-7-6-8-12-21)41-31(45)26-19-37-17-18-38-26/h11,17-19,22-25,27-28,30H,5-10,12-16,20H2,1-4H3,(H,39,48)(H,40,47)(H,41,45)(H,42,46)/t22-,24-,25-,27-,28-,30+/m0/s1. The van der Waals surface area contributed by atoms with Crippen LogP contribution in [0.4, 0.5) is 0 Å². The SMILES string of the molecule is CCC[C@H](NC(=O)[C@@H]1[C@H]2CCC[C@H]2CN1C(=O)[C@@H](NC(=O)[C@@H](NC(=O)c1cnccn1)C1=CCCCC1)C(C)(C)C)C(=O)C(=O)NC1CC1. The Morgan fingerprint density at radius 1 is 0.959 bits per heavy atom. The second-order valence-corrected chi connectivity index (χ2v) is 15.1. The molecule has 5 rings (SSSR count). The van der Waals surface area contributed by atoms with Gasteiger partial charge in [0.05, 0.1) is 12.2 Å². The van der Waals surface area contributed by atoms with Crippen molar-refractivity contribution in [1.82, 2.24) is 36.1 Å². The lowest BCUT2D eigenvalue weighted by atomic mass is 9.84. The summed E-state index contributed by atoms with van der Waals surface area (Å²) in [6, 6.07) is -3.86. The van der Waals surface area contributed by atoms with Gasteiger partial charge < -0.3 is 26.2 Å². The number of Topliss-reactive ketones (excluding diaryl/α,β-unsaturated/α-hetero) is 1. The lowest BCUT2D eigenvalue weighted by Gasteiger charge is -2.37. The summed E-state index contributed by atoms with van der Waals surface area (Å²) in [5.74, 6) is -3.26. The number of rotatable bonds is 13. The summed E-state index contributed by atoms with van der Waals surface area (Å²) in [5, 5.41) is 11.4. The number of nitrogens with zero attached hydrogens (tertiary/aromatic N) is 3. The molecule has 1 aromatic heterocycles. The van der Waals surface area contributed by atoms with Crippen molar-refractivity contribution in [3.05, 3.63) is 35.9 Å². The second-order valence-electron chi connectivity index (χ2n) is 15.1. The first-order valence-electron chi connectivity index (χ1n) is 17.9. The molecule has 5 amide bonds. The second kappa shape index (κ2) is 15.6. The molecule has 4 N–H and O–H groups in total. The predicted molar refractivity (Wildman–Crippen MR) is 181 cm³/mol. The van der Waals surface area contributed by atoms with Crippen molar-refractivity contribution in [2.75, 3.05) is 6.54 Å². The highest BCUT2D eigenvalue weighted by atomic mass is 16.2. The fourth-order valence-corrected chi connectivity index (χ4v) is 7.44. The third-order valence-electron chi connectivity index (χ3n) is 10.2. The highest BCUT2D eigenvalue weighted by Gasteiger charge is 2.52. The maximum atomic E-state index is 14.6. The summed E-state index contributed by atoms with van der Waals surface area (Å²) >= 11 is 0. The van der Waals surface area contributed by atoms with E-state index in [-0.39, 0.29) is 23.6 Å². The molecule has 6 atom stereocenters. The van der Waals surface area contributed by atoms with Crippen LogP contribution in [0.25, 0.3) is 0 Å². The Hall–Kier alpha value is -4.16. The Morgan fingerprint density at radius 3 is 2.37 bits per heavy atom. The molecular weight excluding hydrogens is 626 g/mol. The van der Waals surface area contributed by atoms with Crippen LogP contribution in [-0.4, -0.2) is 86.9 Å². The van der Waals surface area contributed by atoms with E-state index >= 15 is 0 Å². The van der Waals surface area contributed by atoms with Crippen LogP contribution in [0.15, 0.2) is 30.2 Å². The van der Waals surface area contributed by atoms with Crippen molar-refractivity contribution < 1.29 is 28.8 Å². The zero-order valence-corrected chi connectivity index (χ0v) is 29.1. The van der Waals surface area contributed by atoms with Crippen LogP contribution in [0.3, 0.4) is 0 Å². The number of nitrogens with one attached hydrogen (secondary N) is 4.